The van der Waals surface area contributed by atoms with Gasteiger partial charge in [0.2, 0.25) is 0 Å². The SMILES string of the molecule is COc1cc(F)c(-c2cc(Cn3cnc4c(N)nccc43)c(N3CCC[C@](N)([C@H](O)C(F)F)C3)cn2)cc1F. The summed E-state index contributed by atoms with van der Waals surface area (Å²) in [6, 6.07) is 5.29. The highest BCUT2D eigenvalue weighted by molar-refractivity contribution is 5.84. The van der Waals surface area contributed by atoms with Crippen molar-refractivity contribution in [3.05, 3.63) is 60.2 Å². The molecular weight excluding hydrogens is 518 g/mol. The third kappa shape index (κ3) is 4.94. The maximum atomic E-state index is 14.9. The zero-order valence-corrected chi connectivity index (χ0v) is 21.0. The van der Waals surface area contributed by atoms with Gasteiger partial charge in [-0.3, -0.25) is 4.98 Å². The minimum atomic E-state index is -3.00. The number of benzene rings is 1. The first-order chi connectivity index (χ1) is 18.6. The van der Waals surface area contributed by atoms with E-state index in [4.69, 9.17) is 16.2 Å². The minimum Gasteiger partial charge on any atom is -0.494 e. The summed E-state index contributed by atoms with van der Waals surface area (Å²) < 4.78 is 62.9. The highest BCUT2D eigenvalue weighted by Crippen LogP contribution is 2.35. The van der Waals surface area contributed by atoms with E-state index in [-0.39, 0.29) is 42.3 Å². The van der Waals surface area contributed by atoms with Crippen LogP contribution in [0.2, 0.25) is 0 Å². The van der Waals surface area contributed by atoms with Gasteiger partial charge in [0.15, 0.2) is 17.4 Å². The van der Waals surface area contributed by atoms with E-state index in [1.807, 2.05) is 0 Å². The Labute approximate surface area is 221 Å². The van der Waals surface area contributed by atoms with Crippen molar-refractivity contribution < 1.29 is 27.4 Å². The number of fused-ring (bicyclic) bond motifs is 1. The Morgan fingerprint density at radius 1 is 1.15 bits per heavy atom. The molecule has 5 N–H and O–H groups in total. The fourth-order valence-electron chi connectivity index (χ4n) is 5.06. The van der Waals surface area contributed by atoms with Crippen LogP contribution in [0.4, 0.5) is 29.1 Å². The molecule has 1 aliphatic rings. The number of hydrogen-bond acceptors (Lipinski definition) is 8. The third-order valence-corrected chi connectivity index (χ3v) is 7.11. The molecule has 1 saturated heterocycles. The number of aliphatic hydroxyl groups is 1. The molecule has 0 unspecified atom stereocenters. The fraction of sp³-hybridized carbons (Fsp3) is 0.346. The predicted octanol–water partition coefficient (Wildman–Crippen LogP) is 3.33. The van der Waals surface area contributed by atoms with E-state index in [0.29, 0.717) is 35.2 Å². The van der Waals surface area contributed by atoms with Crippen molar-refractivity contribution in [2.45, 2.75) is 37.5 Å². The molecule has 2 atom stereocenters. The number of piperidine rings is 1. The van der Waals surface area contributed by atoms with Crippen LogP contribution in [0.3, 0.4) is 0 Å². The second kappa shape index (κ2) is 10.3. The molecule has 0 bridgehead atoms. The van der Waals surface area contributed by atoms with Crippen LogP contribution in [0.15, 0.2) is 43.0 Å². The number of ether oxygens (including phenoxy) is 1. The van der Waals surface area contributed by atoms with E-state index in [1.54, 1.807) is 34.1 Å². The van der Waals surface area contributed by atoms with Gasteiger partial charge in [-0.15, -0.1) is 0 Å². The Bertz CT molecular complexity index is 1520. The Balaban J connectivity index is 1.60. The zero-order valence-electron chi connectivity index (χ0n) is 21.0. The molecule has 0 saturated carbocycles. The zero-order chi connectivity index (χ0) is 27.9. The molecule has 39 heavy (non-hydrogen) atoms. The summed E-state index contributed by atoms with van der Waals surface area (Å²) in [4.78, 5) is 14.5. The molecule has 1 aliphatic heterocycles. The smallest absolute Gasteiger partial charge is 0.265 e. The summed E-state index contributed by atoms with van der Waals surface area (Å²) in [7, 11) is 1.24. The molecule has 9 nitrogen and oxygen atoms in total. The Hall–Kier alpha value is -3.97. The van der Waals surface area contributed by atoms with Crippen LogP contribution >= 0.6 is 0 Å². The highest BCUT2D eigenvalue weighted by atomic mass is 19.3. The number of anilines is 2. The molecule has 4 aromatic rings. The molecule has 13 heteroatoms. The van der Waals surface area contributed by atoms with Gasteiger partial charge in [0.05, 0.1) is 48.6 Å². The van der Waals surface area contributed by atoms with Gasteiger partial charge in [-0.05, 0) is 36.6 Å². The number of aromatic nitrogens is 4. The van der Waals surface area contributed by atoms with Crippen molar-refractivity contribution in [2.24, 2.45) is 5.73 Å². The molecule has 0 radical (unpaired) electrons. The number of rotatable bonds is 7. The number of alkyl halides is 2. The number of aliphatic hydroxyl groups excluding tert-OH is 1. The van der Waals surface area contributed by atoms with E-state index in [0.717, 1.165) is 12.1 Å². The van der Waals surface area contributed by atoms with Crippen molar-refractivity contribution in [2.75, 3.05) is 30.8 Å². The molecule has 206 valence electrons. The van der Waals surface area contributed by atoms with Crippen LogP contribution < -0.4 is 21.1 Å². The van der Waals surface area contributed by atoms with Gasteiger partial charge in [-0.25, -0.2) is 27.5 Å². The van der Waals surface area contributed by atoms with E-state index in [1.165, 1.54) is 13.3 Å². The van der Waals surface area contributed by atoms with Crippen LogP contribution in [-0.2, 0) is 6.54 Å². The second-order valence-corrected chi connectivity index (χ2v) is 9.64. The maximum Gasteiger partial charge on any atom is 0.265 e. The molecule has 0 spiro atoms. The van der Waals surface area contributed by atoms with Gasteiger partial charge in [0.1, 0.15) is 17.4 Å². The van der Waals surface area contributed by atoms with Crippen LogP contribution in [0.1, 0.15) is 18.4 Å². The molecule has 1 aromatic carbocycles. The Morgan fingerprint density at radius 3 is 2.69 bits per heavy atom. The van der Waals surface area contributed by atoms with Gasteiger partial charge in [-0.1, -0.05) is 0 Å². The van der Waals surface area contributed by atoms with Crippen LogP contribution in [-0.4, -0.2) is 62.9 Å². The predicted molar refractivity (Wildman–Crippen MR) is 138 cm³/mol. The lowest BCUT2D eigenvalue weighted by atomic mass is 9.84. The van der Waals surface area contributed by atoms with E-state index in [9.17, 15) is 22.7 Å². The summed E-state index contributed by atoms with van der Waals surface area (Å²) in [5.74, 6) is -1.47. The van der Waals surface area contributed by atoms with Crippen LogP contribution in [0.25, 0.3) is 22.3 Å². The Kier molecular flexibility index (Phi) is 7.03. The number of methoxy groups -OCH3 is 1. The van der Waals surface area contributed by atoms with Crippen molar-refractivity contribution in [3.8, 4) is 17.0 Å². The van der Waals surface area contributed by atoms with Gasteiger partial charge in [0.25, 0.3) is 6.43 Å². The molecular formula is C26H27F4N7O2. The van der Waals surface area contributed by atoms with Gasteiger partial charge >= 0.3 is 0 Å². The number of pyridine rings is 2. The van der Waals surface area contributed by atoms with Crippen molar-refractivity contribution in [1.82, 2.24) is 19.5 Å². The highest BCUT2D eigenvalue weighted by Gasteiger charge is 2.43. The normalized spacial score (nSPS) is 18.6. The monoisotopic (exact) mass is 545 g/mol. The summed E-state index contributed by atoms with van der Waals surface area (Å²) in [5.41, 5.74) is 13.1. The van der Waals surface area contributed by atoms with Gasteiger partial charge < -0.3 is 30.8 Å². The summed E-state index contributed by atoms with van der Waals surface area (Å²) >= 11 is 0. The number of imidazole rings is 1. The molecule has 4 heterocycles. The second-order valence-electron chi connectivity index (χ2n) is 9.64. The van der Waals surface area contributed by atoms with Crippen LogP contribution in [0.5, 0.6) is 5.75 Å². The largest absolute Gasteiger partial charge is 0.494 e. The van der Waals surface area contributed by atoms with Crippen molar-refractivity contribution in [1.29, 1.82) is 0 Å². The van der Waals surface area contributed by atoms with E-state index in [2.05, 4.69) is 15.0 Å². The summed E-state index contributed by atoms with van der Waals surface area (Å²) in [6.07, 6.45) is 0.246. The van der Waals surface area contributed by atoms with E-state index >= 15 is 0 Å². The van der Waals surface area contributed by atoms with Gasteiger partial charge in [-0.2, -0.15) is 0 Å². The first kappa shape index (κ1) is 26.6. The van der Waals surface area contributed by atoms with E-state index < -0.39 is 29.7 Å². The fourth-order valence-corrected chi connectivity index (χ4v) is 5.06. The molecule has 0 amide bonds. The summed E-state index contributed by atoms with van der Waals surface area (Å²) in [6.45, 7) is 0.617. The van der Waals surface area contributed by atoms with Crippen molar-refractivity contribution >= 4 is 22.5 Å². The topological polar surface area (TPSA) is 128 Å². The number of halogens is 4. The number of hydrogen-bond donors (Lipinski definition) is 3. The molecule has 5 rings (SSSR count). The summed E-state index contributed by atoms with van der Waals surface area (Å²) in [5, 5.41) is 10.2. The first-order valence-corrected chi connectivity index (χ1v) is 12.2. The van der Waals surface area contributed by atoms with Gasteiger partial charge in [0, 0.05) is 30.9 Å². The number of nitrogen functional groups attached to an aromatic ring is 1. The average molecular weight is 546 g/mol. The molecule has 1 fully saturated rings. The lowest BCUT2D eigenvalue weighted by Crippen LogP contribution is -2.63. The standard InChI is InChI=1S/C26H27F4N7O2/c1-39-21-9-16(27)15(8-17(21)28)18-7-14(11-37-13-35-22-19(37)3-5-33-25(22)31)20(10-34-18)36-6-2-4-26(32,12-36)23(38)24(29)30/h3,5,7-10,13,23-24,38H,2,4,6,11-12,32H2,1H3,(H2,31,33)/t23-,26-/m1/s1. The average Bonchev–Trinajstić information content (AvgIpc) is 3.33. The lowest BCUT2D eigenvalue weighted by Gasteiger charge is -2.44. The van der Waals surface area contributed by atoms with Crippen molar-refractivity contribution in [3.63, 3.8) is 0 Å². The number of nitrogens with two attached hydrogens (primary N) is 2. The van der Waals surface area contributed by atoms with Crippen LogP contribution in [0, 0.1) is 11.6 Å². The lowest BCUT2D eigenvalue weighted by molar-refractivity contribution is -0.0529. The molecule has 0 aliphatic carbocycles. The quantitative estimate of drug-likeness (QED) is 0.302. The molecule has 3 aromatic heterocycles. The minimum absolute atomic E-state index is 0.0559. The first-order valence-electron chi connectivity index (χ1n) is 12.2. The third-order valence-electron chi connectivity index (χ3n) is 7.11. The Morgan fingerprint density at radius 2 is 1.95 bits per heavy atom. The maximum absolute atomic E-state index is 14.9. The number of nitrogens with zero attached hydrogens (tertiary/aromatic N) is 5.